The standard InChI is InChI=1S/C17H17FN4O3/c1-19-12-6-11-8-21(7-9-2-4-10(18)5-3-9)17(25)13-14(23)16(24)20-15(12)22(11)13/h2-5,11-12,19,23H,6-8H2,1H3. The van der Waals surface area contributed by atoms with E-state index in [0.29, 0.717) is 18.8 Å². The lowest BCUT2D eigenvalue weighted by Gasteiger charge is -2.33. The minimum absolute atomic E-state index is 0.00823. The molecule has 0 spiro atoms. The first-order valence-corrected chi connectivity index (χ1v) is 8.06. The van der Waals surface area contributed by atoms with E-state index < -0.39 is 17.2 Å². The largest absolute Gasteiger partial charge is 0.501 e. The summed E-state index contributed by atoms with van der Waals surface area (Å²) in [4.78, 5) is 30.4. The van der Waals surface area contributed by atoms with E-state index in [4.69, 9.17) is 0 Å². The van der Waals surface area contributed by atoms with Crippen molar-refractivity contribution in [2.45, 2.75) is 25.0 Å². The Morgan fingerprint density at radius 3 is 2.72 bits per heavy atom. The third-order valence-corrected chi connectivity index (χ3v) is 4.87. The predicted octanol–water partition coefficient (Wildman–Crippen LogP) is 0.949. The van der Waals surface area contributed by atoms with Crippen LogP contribution in [0.2, 0.25) is 0 Å². The van der Waals surface area contributed by atoms with E-state index in [9.17, 15) is 19.1 Å². The van der Waals surface area contributed by atoms with Crippen LogP contribution in [0, 0.1) is 5.82 Å². The fourth-order valence-electron chi connectivity index (χ4n) is 3.68. The van der Waals surface area contributed by atoms with Crippen molar-refractivity contribution in [1.29, 1.82) is 0 Å². The number of hydrogen-bond donors (Lipinski definition) is 2. The van der Waals surface area contributed by atoms with Gasteiger partial charge in [0.25, 0.3) is 5.91 Å². The van der Waals surface area contributed by atoms with Crippen molar-refractivity contribution in [3.05, 3.63) is 57.5 Å². The molecule has 3 heterocycles. The number of aromatic nitrogens is 2. The fourth-order valence-corrected chi connectivity index (χ4v) is 3.68. The molecule has 0 radical (unpaired) electrons. The molecule has 2 unspecified atom stereocenters. The van der Waals surface area contributed by atoms with Gasteiger partial charge in [0.2, 0.25) is 5.75 Å². The Bertz CT molecular complexity index is 909. The molecule has 0 bridgehead atoms. The molecule has 2 atom stereocenters. The zero-order valence-corrected chi connectivity index (χ0v) is 13.6. The van der Waals surface area contributed by atoms with Crippen LogP contribution in [0.1, 0.15) is 40.4 Å². The Kier molecular flexibility index (Phi) is 3.57. The van der Waals surface area contributed by atoms with E-state index in [0.717, 1.165) is 5.56 Å². The van der Waals surface area contributed by atoms with Crippen molar-refractivity contribution < 1.29 is 14.3 Å². The highest BCUT2D eigenvalue weighted by molar-refractivity contribution is 5.96. The van der Waals surface area contributed by atoms with Crippen LogP contribution >= 0.6 is 0 Å². The summed E-state index contributed by atoms with van der Waals surface area (Å²) >= 11 is 0. The second kappa shape index (κ2) is 5.66. The highest BCUT2D eigenvalue weighted by Crippen LogP contribution is 2.39. The number of benzene rings is 1. The Hall–Kier alpha value is -2.74. The first kappa shape index (κ1) is 15.8. The molecule has 2 aliphatic heterocycles. The van der Waals surface area contributed by atoms with Gasteiger partial charge in [-0.3, -0.25) is 9.59 Å². The first-order chi connectivity index (χ1) is 12.0. The minimum atomic E-state index is -0.792. The molecule has 0 fully saturated rings. The average Bonchev–Trinajstić information content (AvgIpc) is 2.94. The molecule has 2 N–H and O–H groups in total. The van der Waals surface area contributed by atoms with Gasteiger partial charge in [0, 0.05) is 13.1 Å². The summed E-state index contributed by atoms with van der Waals surface area (Å²) in [6.07, 6.45) is 0.673. The molecule has 25 heavy (non-hydrogen) atoms. The van der Waals surface area contributed by atoms with Crippen molar-refractivity contribution in [3.63, 3.8) is 0 Å². The van der Waals surface area contributed by atoms with Gasteiger partial charge in [-0.05, 0) is 31.2 Å². The number of aromatic hydroxyl groups is 1. The number of carbonyl (C=O) groups is 1. The zero-order valence-electron chi connectivity index (χ0n) is 13.6. The second-order valence-electron chi connectivity index (χ2n) is 6.39. The lowest BCUT2D eigenvalue weighted by atomic mass is 10.1. The molecule has 0 saturated carbocycles. The smallest absolute Gasteiger partial charge is 0.315 e. The molecule has 7 nitrogen and oxygen atoms in total. The molecule has 0 saturated heterocycles. The van der Waals surface area contributed by atoms with E-state index in [1.807, 2.05) is 0 Å². The maximum atomic E-state index is 13.1. The van der Waals surface area contributed by atoms with Crippen LogP contribution in [0.25, 0.3) is 0 Å². The second-order valence-corrected chi connectivity index (χ2v) is 6.39. The van der Waals surface area contributed by atoms with Crippen molar-refractivity contribution in [2.24, 2.45) is 0 Å². The predicted molar refractivity (Wildman–Crippen MR) is 86.8 cm³/mol. The first-order valence-electron chi connectivity index (χ1n) is 8.06. The summed E-state index contributed by atoms with van der Waals surface area (Å²) in [7, 11) is 1.77. The van der Waals surface area contributed by atoms with E-state index in [1.54, 1.807) is 28.6 Å². The molecule has 1 aromatic heterocycles. The van der Waals surface area contributed by atoms with Gasteiger partial charge in [-0.1, -0.05) is 12.1 Å². The third kappa shape index (κ3) is 2.41. The highest BCUT2D eigenvalue weighted by Gasteiger charge is 2.42. The van der Waals surface area contributed by atoms with E-state index >= 15 is 0 Å². The maximum Gasteiger partial charge on any atom is 0.315 e. The van der Waals surface area contributed by atoms with Gasteiger partial charge in [-0.2, -0.15) is 4.98 Å². The number of carbonyl (C=O) groups excluding carboxylic acids is 1. The lowest BCUT2D eigenvalue weighted by molar-refractivity contribution is 0.0649. The number of rotatable bonds is 3. The van der Waals surface area contributed by atoms with Crippen LogP contribution in [0.4, 0.5) is 4.39 Å². The summed E-state index contributed by atoms with van der Waals surface area (Å²) in [5.74, 6) is -0.887. The number of hydrogen-bond acceptors (Lipinski definition) is 5. The summed E-state index contributed by atoms with van der Waals surface area (Å²) in [5, 5.41) is 13.2. The monoisotopic (exact) mass is 344 g/mol. The molecule has 2 aromatic rings. The number of nitrogens with zero attached hydrogens (tertiary/aromatic N) is 3. The molecule has 0 aliphatic carbocycles. The number of amides is 1. The fraction of sp³-hybridized carbons (Fsp3) is 0.353. The summed E-state index contributed by atoms with van der Waals surface area (Å²) < 4.78 is 14.8. The van der Waals surface area contributed by atoms with E-state index in [-0.39, 0.29) is 30.1 Å². The lowest BCUT2D eigenvalue weighted by Crippen LogP contribution is -2.43. The molecular formula is C17H17FN4O3. The van der Waals surface area contributed by atoms with E-state index in [1.165, 1.54) is 12.1 Å². The third-order valence-electron chi connectivity index (χ3n) is 4.87. The van der Waals surface area contributed by atoms with Gasteiger partial charge in [-0.25, -0.2) is 4.39 Å². The van der Waals surface area contributed by atoms with Crippen molar-refractivity contribution >= 4 is 5.91 Å². The summed E-state index contributed by atoms with van der Waals surface area (Å²) in [6.45, 7) is 0.726. The van der Waals surface area contributed by atoms with Gasteiger partial charge >= 0.3 is 5.56 Å². The van der Waals surface area contributed by atoms with Crippen LogP contribution < -0.4 is 10.9 Å². The van der Waals surface area contributed by atoms with Crippen LogP contribution in [0.3, 0.4) is 0 Å². The van der Waals surface area contributed by atoms with Gasteiger partial charge in [0.05, 0.1) is 12.1 Å². The van der Waals surface area contributed by atoms with Gasteiger partial charge < -0.3 is 19.9 Å². The molecular weight excluding hydrogens is 327 g/mol. The van der Waals surface area contributed by atoms with Crippen molar-refractivity contribution in [3.8, 4) is 5.75 Å². The van der Waals surface area contributed by atoms with Crippen molar-refractivity contribution in [2.75, 3.05) is 13.6 Å². The molecule has 8 heteroatoms. The van der Waals surface area contributed by atoms with Crippen molar-refractivity contribution in [1.82, 2.24) is 19.8 Å². The van der Waals surface area contributed by atoms with Crippen LogP contribution in [0.5, 0.6) is 5.75 Å². The highest BCUT2D eigenvalue weighted by atomic mass is 19.1. The van der Waals surface area contributed by atoms with Gasteiger partial charge in [0.1, 0.15) is 11.6 Å². The Morgan fingerprint density at radius 2 is 2.04 bits per heavy atom. The number of nitrogens with one attached hydrogen (secondary N) is 1. The molecule has 130 valence electrons. The molecule has 4 rings (SSSR count). The zero-order chi connectivity index (χ0) is 17.7. The molecule has 2 aliphatic rings. The van der Waals surface area contributed by atoms with Gasteiger partial charge in [-0.15, -0.1) is 0 Å². The Balaban J connectivity index is 1.75. The summed E-state index contributed by atoms with van der Waals surface area (Å²) in [5.41, 5.74) is -0.0206. The molecule has 1 aromatic carbocycles. The molecule has 1 amide bonds. The maximum absolute atomic E-state index is 13.1. The van der Waals surface area contributed by atoms with Crippen LogP contribution in [-0.4, -0.2) is 39.1 Å². The van der Waals surface area contributed by atoms with Crippen LogP contribution in [-0.2, 0) is 6.54 Å². The number of halogens is 1. The van der Waals surface area contributed by atoms with E-state index in [2.05, 4.69) is 10.3 Å². The Labute approximate surface area is 142 Å². The SMILES string of the molecule is CNC1CC2CN(Cc3ccc(F)cc3)C(=O)c3c(O)c(=O)nc1n32. The van der Waals surface area contributed by atoms with Gasteiger partial charge in [0.15, 0.2) is 5.69 Å². The summed E-state index contributed by atoms with van der Waals surface area (Å²) in [6, 6.07) is 5.71. The van der Waals surface area contributed by atoms with Crippen LogP contribution in [0.15, 0.2) is 29.1 Å². The topological polar surface area (TPSA) is 87.5 Å². The minimum Gasteiger partial charge on any atom is -0.501 e. The quantitative estimate of drug-likeness (QED) is 0.866. The Morgan fingerprint density at radius 1 is 1.32 bits per heavy atom. The average molecular weight is 344 g/mol. The normalized spacial score (nSPS) is 21.5.